The van der Waals surface area contributed by atoms with E-state index in [-0.39, 0.29) is 30.3 Å². The number of piperidine rings is 1. The van der Waals surface area contributed by atoms with Gasteiger partial charge in [-0.15, -0.1) is 19.0 Å². The molecule has 0 spiro atoms. The topological polar surface area (TPSA) is 52.7 Å². The molecule has 1 atom stereocenters. The van der Waals surface area contributed by atoms with E-state index in [1.54, 1.807) is 0 Å². The van der Waals surface area contributed by atoms with Crippen molar-refractivity contribution in [2.24, 2.45) is 0 Å². The van der Waals surface area contributed by atoms with Crippen LogP contribution in [0.2, 0.25) is 0 Å². The van der Waals surface area contributed by atoms with Crippen LogP contribution in [0.1, 0.15) is 38.5 Å². The number of nitrogens with one attached hydrogen (secondary N) is 1. The van der Waals surface area contributed by atoms with Crippen LogP contribution in [0.25, 0.3) is 0 Å². The van der Waals surface area contributed by atoms with Crippen molar-refractivity contribution in [1.82, 2.24) is 15.1 Å². The van der Waals surface area contributed by atoms with Crippen LogP contribution >= 0.6 is 12.4 Å². The molecule has 0 aromatic rings. The molecular weight excluding hydrogens is 302 g/mol. The van der Waals surface area contributed by atoms with Crippen LogP contribution in [0.15, 0.2) is 12.7 Å². The molecule has 2 saturated heterocycles. The summed E-state index contributed by atoms with van der Waals surface area (Å²) in [5.74, 6) is 0.198. The zero-order valence-electron chi connectivity index (χ0n) is 13.3. The number of hydrogen-bond acceptors (Lipinski definition) is 3. The number of amides is 2. The van der Waals surface area contributed by atoms with E-state index in [1.807, 2.05) is 15.9 Å². The van der Waals surface area contributed by atoms with E-state index in [0.29, 0.717) is 6.42 Å². The Balaban J connectivity index is 0.00000242. The molecule has 0 aliphatic carbocycles. The van der Waals surface area contributed by atoms with Gasteiger partial charge in [-0.3, -0.25) is 9.59 Å². The second-order valence-corrected chi connectivity index (χ2v) is 5.91. The summed E-state index contributed by atoms with van der Waals surface area (Å²) in [7, 11) is 0. The first-order valence-electron chi connectivity index (χ1n) is 8.13. The van der Waals surface area contributed by atoms with Crippen LogP contribution in [0, 0.1) is 0 Å². The van der Waals surface area contributed by atoms with Gasteiger partial charge in [0.25, 0.3) is 0 Å². The maximum absolute atomic E-state index is 12.4. The Morgan fingerprint density at radius 3 is 2.68 bits per heavy atom. The zero-order chi connectivity index (χ0) is 15.1. The first kappa shape index (κ1) is 19.0. The lowest BCUT2D eigenvalue weighted by Gasteiger charge is -2.34. The fourth-order valence-corrected chi connectivity index (χ4v) is 3.05. The van der Waals surface area contributed by atoms with E-state index in [2.05, 4.69) is 11.9 Å². The number of likely N-dealkylation sites (tertiary alicyclic amines) is 1. The molecule has 1 N–H and O–H groups in total. The maximum atomic E-state index is 12.4. The number of piperazine rings is 1. The van der Waals surface area contributed by atoms with Gasteiger partial charge in [-0.1, -0.05) is 6.08 Å². The molecule has 6 heteroatoms. The molecule has 0 aromatic carbocycles. The number of hydrogen-bond donors (Lipinski definition) is 1. The van der Waals surface area contributed by atoms with Gasteiger partial charge in [-0.2, -0.15) is 0 Å². The summed E-state index contributed by atoms with van der Waals surface area (Å²) in [4.78, 5) is 28.5. The van der Waals surface area contributed by atoms with Crippen molar-refractivity contribution < 1.29 is 9.59 Å². The summed E-state index contributed by atoms with van der Waals surface area (Å²) in [6, 6.07) is -0.336. The molecule has 2 aliphatic rings. The number of nitrogens with zero attached hydrogens (tertiary/aromatic N) is 2. The molecule has 5 nitrogen and oxygen atoms in total. The monoisotopic (exact) mass is 329 g/mol. The molecule has 2 amide bonds. The molecule has 0 bridgehead atoms. The van der Waals surface area contributed by atoms with Crippen LogP contribution in [-0.4, -0.2) is 60.4 Å². The van der Waals surface area contributed by atoms with Crippen LogP contribution in [0.5, 0.6) is 0 Å². The van der Waals surface area contributed by atoms with Gasteiger partial charge in [-0.05, 0) is 32.1 Å². The summed E-state index contributed by atoms with van der Waals surface area (Å²) in [6.45, 7) is 7.68. The summed E-state index contributed by atoms with van der Waals surface area (Å²) < 4.78 is 0. The molecular formula is C16H28ClN3O2. The van der Waals surface area contributed by atoms with Crippen LogP contribution < -0.4 is 5.32 Å². The van der Waals surface area contributed by atoms with Gasteiger partial charge in [0, 0.05) is 32.7 Å². The third-order valence-electron chi connectivity index (χ3n) is 4.31. The largest absolute Gasteiger partial charge is 0.343 e. The van der Waals surface area contributed by atoms with Crippen LogP contribution in [0.4, 0.5) is 0 Å². The first-order chi connectivity index (χ1) is 10.2. The van der Waals surface area contributed by atoms with Crippen LogP contribution in [-0.2, 0) is 9.59 Å². The van der Waals surface area contributed by atoms with E-state index >= 15 is 0 Å². The summed E-state index contributed by atoms with van der Waals surface area (Å²) in [5.41, 5.74) is 0. The molecule has 2 rings (SSSR count). The zero-order valence-corrected chi connectivity index (χ0v) is 14.1. The van der Waals surface area contributed by atoms with Gasteiger partial charge in [0.05, 0.1) is 12.5 Å². The second kappa shape index (κ2) is 9.85. The van der Waals surface area contributed by atoms with Gasteiger partial charge in [0.15, 0.2) is 0 Å². The molecule has 2 heterocycles. The van der Waals surface area contributed by atoms with E-state index in [1.165, 1.54) is 6.42 Å². The van der Waals surface area contributed by atoms with E-state index in [4.69, 9.17) is 0 Å². The molecule has 22 heavy (non-hydrogen) atoms. The number of carbonyl (C=O) groups excluding carboxylic acids is 2. The molecule has 126 valence electrons. The normalized spacial score (nSPS) is 22.2. The van der Waals surface area contributed by atoms with E-state index in [0.717, 1.165) is 58.4 Å². The van der Waals surface area contributed by atoms with E-state index in [9.17, 15) is 9.59 Å². The fraction of sp³-hybridized carbons (Fsp3) is 0.750. The average molecular weight is 330 g/mol. The van der Waals surface area contributed by atoms with Gasteiger partial charge < -0.3 is 15.1 Å². The quantitative estimate of drug-likeness (QED) is 0.594. The standard InChI is InChI=1S/C16H27N3O2.ClH/c1-2-3-5-11-19-12-8-17-14(16(19)21)13-15(20)18-9-6-4-7-10-18;/h2,14,17H,1,3-13H2;1H. The number of rotatable bonds is 6. The summed E-state index contributed by atoms with van der Waals surface area (Å²) in [5, 5.41) is 3.20. The molecule has 1 unspecified atom stereocenters. The van der Waals surface area contributed by atoms with Gasteiger partial charge >= 0.3 is 0 Å². The highest BCUT2D eigenvalue weighted by Gasteiger charge is 2.31. The van der Waals surface area contributed by atoms with Crippen molar-refractivity contribution in [2.75, 3.05) is 32.7 Å². The van der Waals surface area contributed by atoms with Gasteiger partial charge in [-0.25, -0.2) is 0 Å². The minimum atomic E-state index is -0.336. The van der Waals surface area contributed by atoms with Gasteiger partial charge in [0.1, 0.15) is 0 Å². The second-order valence-electron chi connectivity index (χ2n) is 5.91. The van der Waals surface area contributed by atoms with Crippen molar-refractivity contribution in [2.45, 2.75) is 44.6 Å². The highest BCUT2D eigenvalue weighted by atomic mass is 35.5. The number of allylic oxidation sites excluding steroid dienone is 1. The van der Waals surface area contributed by atoms with Crippen LogP contribution in [0.3, 0.4) is 0 Å². The van der Waals surface area contributed by atoms with Crippen molar-refractivity contribution in [3.8, 4) is 0 Å². The average Bonchev–Trinajstić information content (AvgIpc) is 2.52. The number of unbranched alkanes of at least 4 members (excludes halogenated alkanes) is 1. The van der Waals surface area contributed by atoms with Crippen molar-refractivity contribution in [3.05, 3.63) is 12.7 Å². The predicted molar refractivity (Wildman–Crippen MR) is 90.1 cm³/mol. The van der Waals surface area contributed by atoms with Crippen molar-refractivity contribution >= 4 is 24.2 Å². The lowest BCUT2D eigenvalue weighted by atomic mass is 10.1. The highest BCUT2D eigenvalue weighted by Crippen LogP contribution is 2.13. The Labute approximate surface area is 139 Å². The molecule has 0 aromatic heterocycles. The van der Waals surface area contributed by atoms with Crippen molar-refractivity contribution in [3.63, 3.8) is 0 Å². The van der Waals surface area contributed by atoms with E-state index < -0.39 is 0 Å². The molecule has 2 fully saturated rings. The third kappa shape index (κ3) is 5.29. The maximum Gasteiger partial charge on any atom is 0.240 e. The lowest BCUT2D eigenvalue weighted by molar-refractivity contribution is -0.141. The first-order valence-corrected chi connectivity index (χ1v) is 8.13. The smallest absolute Gasteiger partial charge is 0.240 e. The Morgan fingerprint density at radius 1 is 1.27 bits per heavy atom. The Morgan fingerprint density at radius 2 is 2.00 bits per heavy atom. The Kier molecular flexibility index (Phi) is 8.49. The predicted octanol–water partition coefficient (Wildman–Crippen LogP) is 1.58. The number of carbonyl (C=O) groups is 2. The number of halogens is 1. The summed E-state index contributed by atoms with van der Waals surface area (Å²) in [6.07, 6.45) is 7.44. The Hall–Kier alpha value is -1.07. The van der Waals surface area contributed by atoms with Crippen molar-refractivity contribution in [1.29, 1.82) is 0 Å². The SMILES string of the molecule is C=CCCCN1CCNC(CC(=O)N2CCCCC2)C1=O.Cl. The molecule has 0 radical (unpaired) electrons. The van der Waals surface area contributed by atoms with Gasteiger partial charge in [0.2, 0.25) is 11.8 Å². The molecule has 0 saturated carbocycles. The summed E-state index contributed by atoms with van der Waals surface area (Å²) >= 11 is 0. The fourth-order valence-electron chi connectivity index (χ4n) is 3.05. The third-order valence-corrected chi connectivity index (χ3v) is 4.31. The Bertz CT molecular complexity index is 384. The minimum Gasteiger partial charge on any atom is -0.343 e. The molecule has 2 aliphatic heterocycles. The highest BCUT2D eigenvalue weighted by molar-refractivity contribution is 5.89. The minimum absolute atomic E-state index is 0. The lowest BCUT2D eigenvalue weighted by Crippen LogP contribution is -2.56.